The van der Waals surface area contributed by atoms with Gasteiger partial charge >= 0.3 is 17.8 Å². The van der Waals surface area contributed by atoms with Gasteiger partial charge in [0.05, 0.1) is 23.6 Å². The number of amides is 3. The number of carbonyl (C=O) groups is 3. The Kier molecular flexibility index (Phi) is 6.82. The monoisotopic (exact) mass is 548 g/mol. The van der Waals surface area contributed by atoms with Crippen LogP contribution in [0.2, 0.25) is 0 Å². The SMILES string of the molecule is CC(C)(C)[C@H](NC(=O)C(F)(F)F)C(=O)N1C[C@H]2[C@@H]([C@H]1C(=O)N[C@H](C#N)Cn1c(=O)[nH]c3ccccc31)C2(C)C. The molecule has 10 nitrogen and oxygen atoms in total. The molecule has 1 aliphatic carbocycles. The number of para-hydroxylation sites is 2. The number of hydrogen-bond acceptors (Lipinski definition) is 5. The van der Waals surface area contributed by atoms with Gasteiger partial charge in [-0.15, -0.1) is 0 Å². The standard InChI is InChI=1S/C26H31F3N6O4/c1-24(2,3)19(33-22(38)26(27,28)29)21(37)35-12-14-17(25(14,4)5)18(35)20(36)31-13(10-30)11-34-16-9-7-6-8-15(16)32-23(34)39/h6-9,13-14,17-19H,11-12H2,1-5H3,(H,31,36)(H,32,39)(H,33,38)/t13-,14+,17+,18+,19-/m1/s1. The number of nitrogens with one attached hydrogen (secondary N) is 3. The first-order valence-electron chi connectivity index (χ1n) is 12.5. The molecule has 3 N–H and O–H groups in total. The van der Waals surface area contributed by atoms with Crippen LogP contribution in [0, 0.1) is 34.0 Å². The molecule has 1 aliphatic heterocycles. The summed E-state index contributed by atoms with van der Waals surface area (Å²) in [5.74, 6) is -4.04. The number of piperidine rings is 1. The van der Waals surface area contributed by atoms with Crippen LogP contribution in [-0.4, -0.2) is 63.0 Å². The van der Waals surface area contributed by atoms with E-state index in [2.05, 4.69) is 10.3 Å². The molecule has 3 amide bonds. The molecule has 1 saturated carbocycles. The molecular weight excluding hydrogens is 517 g/mol. The number of H-pyrrole nitrogens is 1. The zero-order valence-electron chi connectivity index (χ0n) is 22.2. The average molecular weight is 549 g/mol. The zero-order chi connectivity index (χ0) is 29.1. The molecule has 2 heterocycles. The summed E-state index contributed by atoms with van der Waals surface area (Å²) in [7, 11) is 0. The van der Waals surface area contributed by atoms with Crippen LogP contribution in [0.4, 0.5) is 13.2 Å². The van der Waals surface area contributed by atoms with Crippen LogP contribution in [0.5, 0.6) is 0 Å². The molecule has 0 spiro atoms. The van der Waals surface area contributed by atoms with E-state index in [0.717, 1.165) is 0 Å². The lowest BCUT2D eigenvalue weighted by molar-refractivity contribution is -0.176. The minimum atomic E-state index is -5.18. The Hall–Kier alpha value is -3.82. The van der Waals surface area contributed by atoms with Crippen molar-refractivity contribution in [2.24, 2.45) is 22.7 Å². The average Bonchev–Trinajstić information content (AvgIpc) is 3.15. The molecule has 1 aromatic carbocycles. The van der Waals surface area contributed by atoms with Crippen molar-refractivity contribution in [1.29, 1.82) is 5.26 Å². The molecule has 0 unspecified atom stereocenters. The molecule has 5 atom stereocenters. The topological polar surface area (TPSA) is 140 Å². The lowest BCUT2D eigenvalue weighted by Gasteiger charge is -2.37. The van der Waals surface area contributed by atoms with Crippen molar-refractivity contribution >= 4 is 28.8 Å². The van der Waals surface area contributed by atoms with Gasteiger partial charge in [0.1, 0.15) is 18.1 Å². The van der Waals surface area contributed by atoms with Crippen LogP contribution in [-0.2, 0) is 20.9 Å². The first-order valence-corrected chi connectivity index (χ1v) is 12.5. The molecule has 1 aromatic heterocycles. The van der Waals surface area contributed by atoms with E-state index in [1.807, 2.05) is 25.2 Å². The summed E-state index contributed by atoms with van der Waals surface area (Å²) in [6.45, 7) is 8.40. The molecule has 0 bridgehead atoms. The number of carbonyl (C=O) groups excluding carboxylic acids is 3. The summed E-state index contributed by atoms with van der Waals surface area (Å²) < 4.78 is 40.4. The van der Waals surface area contributed by atoms with Gasteiger partial charge < -0.3 is 20.5 Å². The molecule has 2 aliphatic rings. The van der Waals surface area contributed by atoms with Gasteiger partial charge in [0, 0.05) is 6.54 Å². The summed E-state index contributed by atoms with van der Waals surface area (Å²) in [4.78, 5) is 55.3. The van der Waals surface area contributed by atoms with E-state index in [9.17, 15) is 37.6 Å². The molecule has 39 heavy (non-hydrogen) atoms. The molecule has 13 heteroatoms. The number of benzene rings is 1. The fourth-order valence-corrected chi connectivity index (χ4v) is 5.69. The second-order valence-electron chi connectivity index (χ2n) is 11.9. The number of rotatable bonds is 6. The van der Waals surface area contributed by atoms with Gasteiger partial charge in [-0.1, -0.05) is 46.8 Å². The second-order valence-corrected chi connectivity index (χ2v) is 11.9. The molecule has 210 valence electrons. The van der Waals surface area contributed by atoms with Crippen LogP contribution >= 0.6 is 0 Å². The summed E-state index contributed by atoms with van der Waals surface area (Å²) in [5, 5.41) is 14.2. The number of aromatic amines is 1. The van der Waals surface area contributed by atoms with E-state index in [1.54, 1.807) is 24.3 Å². The summed E-state index contributed by atoms with van der Waals surface area (Å²) in [6.07, 6.45) is -5.18. The van der Waals surface area contributed by atoms with Gasteiger partial charge in [-0.3, -0.25) is 19.0 Å². The molecule has 2 aromatic rings. The lowest BCUT2D eigenvalue weighted by Crippen LogP contribution is -2.61. The predicted octanol–water partition coefficient (Wildman–Crippen LogP) is 1.91. The number of hydrogen-bond donors (Lipinski definition) is 3. The van der Waals surface area contributed by atoms with E-state index < -0.39 is 53.1 Å². The Balaban J connectivity index is 1.58. The zero-order valence-corrected chi connectivity index (χ0v) is 22.2. The van der Waals surface area contributed by atoms with Crippen LogP contribution in [0.15, 0.2) is 29.1 Å². The summed E-state index contributed by atoms with van der Waals surface area (Å²) in [6, 6.07) is 5.12. The fraction of sp³-hybridized carbons (Fsp3) is 0.577. The maximum absolute atomic E-state index is 13.6. The third-order valence-corrected chi connectivity index (χ3v) is 7.93. The Morgan fingerprint density at radius 3 is 2.41 bits per heavy atom. The highest BCUT2D eigenvalue weighted by molar-refractivity contribution is 5.95. The molecular formula is C26H31F3N6O4. The summed E-state index contributed by atoms with van der Waals surface area (Å²) in [5.41, 5.74) is -0.741. The highest BCUT2D eigenvalue weighted by Crippen LogP contribution is 2.65. The van der Waals surface area contributed by atoms with Gasteiger partial charge in [0.15, 0.2) is 0 Å². The highest BCUT2D eigenvalue weighted by Gasteiger charge is 2.70. The number of alkyl halides is 3. The van der Waals surface area contributed by atoms with E-state index in [0.29, 0.717) is 11.0 Å². The molecule has 0 radical (unpaired) electrons. The van der Waals surface area contributed by atoms with E-state index in [-0.39, 0.29) is 30.3 Å². The van der Waals surface area contributed by atoms with Crippen molar-refractivity contribution in [3.05, 3.63) is 34.7 Å². The van der Waals surface area contributed by atoms with Crippen LogP contribution in [0.25, 0.3) is 11.0 Å². The third-order valence-electron chi connectivity index (χ3n) is 7.93. The van der Waals surface area contributed by atoms with Crippen LogP contribution < -0.4 is 16.3 Å². The van der Waals surface area contributed by atoms with E-state index in [4.69, 9.17) is 0 Å². The molecule has 4 rings (SSSR count). The second kappa shape index (κ2) is 9.43. The maximum atomic E-state index is 13.6. The number of likely N-dealkylation sites (tertiary alicyclic amines) is 1. The van der Waals surface area contributed by atoms with Crippen molar-refractivity contribution < 1.29 is 27.6 Å². The third kappa shape index (κ3) is 5.12. The number of nitriles is 1. The molecule has 1 saturated heterocycles. The van der Waals surface area contributed by atoms with Crippen LogP contribution in [0.3, 0.4) is 0 Å². The van der Waals surface area contributed by atoms with Gasteiger partial charge in [-0.25, -0.2) is 4.79 Å². The van der Waals surface area contributed by atoms with Gasteiger partial charge in [0.2, 0.25) is 11.8 Å². The largest absolute Gasteiger partial charge is 0.471 e. The Bertz CT molecular complexity index is 1410. The van der Waals surface area contributed by atoms with Crippen molar-refractivity contribution in [3.63, 3.8) is 0 Å². The minimum Gasteiger partial charge on any atom is -0.337 e. The highest BCUT2D eigenvalue weighted by atomic mass is 19.4. The molecule has 2 fully saturated rings. The smallest absolute Gasteiger partial charge is 0.337 e. The lowest BCUT2D eigenvalue weighted by atomic mass is 9.85. The van der Waals surface area contributed by atoms with Gasteiger partial charge in [-0.05, 0) is 34.8 Å². The van der Waals surface area contributed by atoms with Crippen molar-refractivity contribution in [1.82, 2.24) is 25.1 Å². The predicted molar refractivity (Wildman–Crippen MR) is 134 cm³/mol. The number of fused-ring (bicyclic) bond motifs is 2. The number of halogens is 3. The van der Waals surface area contributed by atoms with Crippen molar-refractivity contribution in [2.45, 2.75) is 65.5 Å². The number of aromatic nitrogens is 2. The first-order chi connectivity index (χ1) is 18.0. The first kappa shape index (κ1) is 28.2. The quantitative estimate of drug-likeness (QED) is 0.506. The Morgan fingerprint density at radius 1 is 1.18 bits per heavy atom. The van der Waals surface area contributed by atoms with Crippen molar-refractivity contribution in [2.75, 3.05) is 6.54 Å². The van der Waals surface area contributed by atoms with E-state index >= 15 is 0 Å². The van der Waals surface area contributed by atoms with E-state index in [1.165, 1.54) is 30.2 Å². The Morgan fingerprint density at radius 2 is 1.82 bits per heavy atom. The maximum Gasteiger partial charge on any atom is 0.471 e. The minimum absolute atomic E-state index is 0.0760. The number of imidazole rings is 1. The number of nitrogens with zero attached hydrogens (tertiary/aromatic N) is 3. The van der Waals surface area contributed by atoms with Crippen molar-refractivity contribution in [3.8, 4) is 6.07 Å². The Labute approximate surface area is 222 Å². The van der Waals surface area contributed by atoms with Crippen LogP contribution in [0.1, 0.15) is 34.6 Å². The van der Waals surface area contributed by atoms with Gasteiger partial charge in [-0.2, -0.15) is 18.4 Å². The summed E-state index contributed by atoms with van der Waals surface area (Å²) >= 11 is 0. The van der Waals surface area contributed by atoms with Gasteiger partial charge in [0.25, 0.3) is 0 Å². The fourth-order valence-electron chi connectivity index (χ4n) is 5.69. The normalized spacial score (nSPS) is 23.5.